The molecular weight excluding hydrogens is 711 g/mol. The largest absolute Gasteiger partial charge is 0.587 e. The van der Waals surface area contributed by atoms with Gasteiger partial charge < -0.3 is 24.2 Å². The summed E-state index contributed by atoms with van der Waals surface area (Å²) in [7, 11) is 0. The Balaban J connectivity index is 1.08. The zero-order valence-corrected chi connectivity index (χ0v) is 30.9. The summed E-state index contributed by atoms with van der Waals surface area (Å²) < 4.78 is 66.2. The zero-order chi connectivity index (χ0) is 37.2. The number of alkyl halides is 3. The van der Waals surface area contributed by atoms with E-state index in [4.69, 9.17) is 21.1 Å². The topological polar surface area (TPSA) is 144 Å². The molecule has 17 heteroatoms. The maximum absolute atomic E-state index is 13.2. The average molecular weight is 756 g/mol. The van der Waals surface area contributed by atoms with Crippen LogP contribution in [0, 0.1) is 5.41 Å². The van der Waals surface area contributed by atoms with Crippen molar-refractivity contribution in [2.75, 3.05) is 23.5 Å². The molecule has 3 atom stereocenters. The van der Waals surface area contributed by atoms with Gasteiger partial charge in [0.05, 0.1) is 11.0 Å². The summed E-state index contributed by atoms with van der Waals surface area (Å²) in [6, 6.07) is 7.92. The van der Waals surface area contributed by atoms with Crippen LogP contribution in [-0.4, -0.2) is 74.2 Å². The van der Waals surface area contributed by atoms with E-state index in [-0.39, 0.29) is 59.3 Å². The van der Waals surface area contributed by atoms with Crippen LogP contribution in [-0.2, 0) is 20.8 Å². The number of pyridine rings is 2. The van der Waals surface area contributed by atoms with Crippen molar-refractivity contribution in [3.8, 4) is 0 Å². The minimum Gasteiger partial charge on any atom is -0.587 e. The van der Waals surface area contributed by atoms with Crippen molar-refractivity contribution in [2.45, 2.75) is 114 Å². The summed E-state index contributed by atoms with van der Waals surface area (Å²) in [6.07, 6.45) is 1.46. The summed E-state index contributed by atoms with van der Waals surface area (Å²) in [5.74, 6) is 0.0655. The molecule has 0 bridgehead atoms. The van der Waals surface area contributed by atoms with Gasteiger partial charge in [0.1, 0.15) is 40.0 Å². The van der Waals surface area contributed by atoms with E-state index < -0.39 is 40.7 Å². The Labute approximate surface area is 304 Å². The minimum atomic E-state index is -4.23. The summed E-state index contributed by atoms with van der Waals surface area (Å²) in [4.78, 5) is 36.4. The van der Waals surface area contributed by atoms with E-state index in [0.717, 1.165) is 25.7 Å². The number of nitrogens with zero attached hydrogens (tertiary/aromatic N) is 4. The number of hydrogen-bond donors (Lipinski definition) is 3. The molecular formula is C34H45ClF3N7O5S. The van der Waals surface area contributed by atoms with Crippen LogP contribution in [0.2, 0.25) is 5.15 Å². The molecule has 0 spiro atoms. The van der Waals surface area contributed by atoms with Gasteiger partial charge in [-0.05, 0) is 104 Å². The van der Waals surface area contributed by atoms with Gasteiger partial charge in [0, 0.05) is 37.0 Å². The molecule has 0 aromatic carbocycles. The lowest BCUT2D eigenvalue weighted by molar-refractivity contribution is -0.192. The summed E-state index contributed by atoms with van der Waals surface area (Å²) in [5, 5.41) is 4.68. The number of aromatic nitrogens is 2. The van der Waals surface area contributed by atoms with Gasteiger partial charge in [0.2, 0.25) is 0 Å². The highest BCUT2D eigenvalue weighted by Gasteiger charge is 2.62. The molecule has 1 aliphatic carbocycles. The first kappa shape index (κ1) is 38.9. The number of carbonyl (C=O) groups is 2. The molecule has 0 radical (unpaired) electrons. The highest BCUT2D eigenvalue weighted by atomic mass is 35.5. The third kappa shape index (κ3) is 9.77. The molecule has 4 heterocycles. The van der Waals surface area contributed by atoms with Gasteiger partial charge in [0.25, 0.3) is 10.9 Å². The van der Waals surface area contributed by atoms with Gasteiger partial charge in [0.15, 0.2) is 0 Å². The number of likely N-dealkylation sites (tertiary alicyclic amines) is 1. The van der Waals surface area contributed by atoms with E-state index in [9.17, 15) is 27.3 Å². The van der Waals surface area contributed by atoms with Crippen LogP contribution in [0.5, 0.6) is 0 Å². The molecule has 2 amide bonds. The number of anilines is 2. The summed E-state index contributed by atoms with van der Waals surface area (Å²) in [5.41, 5.74) is 0.427. The fourth-order valence-electron chi connectivity index (χ4n) is 6.16. The standard InChI is InChI=1S/C34H45ClF3N7O5S/c1-31(2,3)50-30(47)45-22(13-15-32(45,4)5)8-7-19-39-24-9-6-10-27(40-24)51(48)43-29(46)23-11-12-25(41-28(23)35)44-20-14-26(42-44)49-21-18-33(16-17-33)34(36,37)38/h6,9-12,14,20,22,26,42H,7-8,13,15-19,21H2,1-5H3,(H,39,40)(H,43,46). The van der Waals surface area contributed by atoms with E-state index in [0.29, 0.717) is 18.2 Å². The third-order valence-corrected chi connectivity index (χ3v) is 10.4. The summed E-state index contributed by atoms with van der Waals surface area (Å²) in [6.45, 7) is 10.2. The molecule has 3 N–H and O–H groups in total. The molecule has 2 aromatic heterocycles. The third-order valence-electron chi connectivity index (χ3n) is 9.15. The van der Waals surface area contributed by atoms with Crippen molar-refractivity contribution in [1.29, 1.82) is 0 Å². The number of hydrazine groups is 1. The molecule has 12 nitrogen and oxygen atoms in total. The lowest BCUT2D eigenvalue weighted by atomic mass is 10.0. The quantitative estimate of drug-likeness (QED) is 0.113. The SMILES string of the molecule is CC(C)(C)OC(=O)N1C(CCCNc2cccc([S+]([O-])NC(=O)c3ccc(N4C=CC(OCCC5(C(F)(F)F)CC5)N4)nc3Cl)n2)CCC1(C)C. The first-order valence-corrected chi connectivity index (χ1v) is 18.4. The fourth-order valence-corrected chi connectivity index (χ4v) is 7.17. The molecule has 2 aliphatic heterocycles. The average Bonchev–Trinajstić information content (AvgIpc) is 3.58. The van der Waals surface area contributed by atoms with Crippen molar-refractivity contribution in [2.24, 2.45) is 5.41 Å². The summed E-state index contributed by atoms with van der Waals surface area (Å²) >= 11 is 4.32. The molecule has 2 aromatic rings. The number of hydrogen-bond acceptors (Lipinski definition) is 10. The van der Waals surface area contributed by atoms with Crippen LogP contribution < -0.4 is 20.5 Å². The second-order valence-electron chi connectivity index (χ2n) is 14.7. The Bertz CT molecular complexity index is 1600. The maximum Gasteiger partial charge on any atom is 0.410 e. The van der Waals surface area contributed by atoms with Gasteiger partial charge in [-0.3, -0.25) is 9.80 Å². The lowest BCUT2D eigenvalue weighted by Gasteiger charge is -2.37. The Morgan fingerprint density at radius 1 is 1.14 bits per heavy atom. The molecule has 2 fully saturated rings. The number of halogens is 4. The zero-order valence-electron chi connectivity index (χ0n) is 29.3. The second kappa shape index (κ2) is 15.3. The molecule has 3 aliphatic rings. The Morgan fingerprint density at radius 3 is 2.55 bits per heavy atom. The highest BCUT2D eigenvalue weighted by molar-refractivity contribution is 7.90. The van der Waals surface area contributed by atoms with Gasteiger partial charge in [-0.1, -0.05) is 17.7 Å². The van der Waals surface area contributed by atoms with Crippen LogP contribution in [0.25, 0.3) is 0 Å². The van der Waals surface area contributed by atoms with Gasteiger partial charge >= 0.3 is 12.3 Å². The van der Waals surface area contributed by atoms with Crippen LogP contribution >= 0.6 is 11.6 Å². The number of ether oxygens (including phenoxy) is 2. The first-order valence-electron chi connectivity index (χ1n) is 16.9. The van der Waals surface area contributed by atoms with Crippen LogP contribution in [0.1, 0.15) is 89.9 Å². The molecule has 51 heavy (non-hydrogen) atoms. The molecule has 5 rings (SSSR count). The highest BCUT2D eigenvalue weighted by Crippen LogP contribution is 2.59. The second-order valence-corrected chi connectivity index (χ2v) is 16.2. The maximum atomic E-state index is 13.2. The van der Waals surface area contributed by atoms with E-state index in [1.807, 2.05) is 25.7 Å². The number of carbonyl (C=O) groups excluding carboxylic acids is 2. The number of rotatable bonds is 13. The van der Waals surface area contributed by atoms with Crippen LogP contribution in [0.3, 0.4) is 0 Å². The normalized spacial score (nSPS) is 21.5. The smallest absolute Gasteiger partial charge is 0.410 e. The van der Waals surface area contributed by atoms with Gasteiger partial charge in [-0.2, -0.15) is 28.3 Å². The first-order chi connectivity index (χ1) is 23.9. The van der Waals surface area contributed by atoms with E-state index >= 15 is 0 Å². The minimum absolute atomic E-state index is 0.0172. The number of nitrogens with one attached hydrogen (secondary N) is 3. The molecule has 3 unspecified atom stereocenters. The monoisotopic (exact) mass is 755 g/mol. The number of amides is 2. The lowest BCUT2D eigenvalue weighted by Crippen LogP contribution is -2.49. The van der Waals surface area contributed by atoms with Crippen molar-refractivity contribution in [1.82, 2.24) is 25.0 Å². The molecule has 1 saturated heterocycles. The van der Waals surface area contributed by atoms with Crippen LogP contribution in [0.4, 0.5) is 29.6 Å². The van der Waals surface area contributed by atoms with E-state index in [1.165, 1.54) is 23.2 Å². The van der Waals surface area contributed by atoms with E-state index in [1.54, 1.807) is 24.4 Å². The van der Waals surface area contributed by atoms with Crippen molar-refractivity contribution >= 4 is 46.6 Å². The predicted molar refractivity (Wildman–Crippen MR) is 187 cm³/mol. The Morgan fingerprint density at radius 2 is 1.88 bits per heavy atom. The van der Waals surface area contributed by atoms with Crippen LogP contribution in [0.15, 0.2) is 47.6 Å². The molecule has 1 saturated carbocycles. The Hall–Kier alpha value is -3.31. The van der Waals surface area contributed by atoms with E-state index in [2.05, 4.69) is 39.3 Å². The molecule has 280 valence electrons. The Kier molecular flexibility index (Phi) is 11.7. The van der Waals surface area contributed by atoms with Crippen molar-refractivity contribution < 1.29 is 36.8 Å². The predicted octanol–water partition coefficient (Wildman–Crippen LogP) is 6.87. The van der Waals surface area contributed by atoms with Gasteiger partial charge in [-0.25, -0.2) is 9.78 Å². The van der Waals surface area contributed by atoms with Crippen molar-refractivity contribution in [3.05, 3.63) is 53.3 Å². The van der Waals surface area contributed by atoms with Crippen molar-refractivity contribution in [3.63, 3.8) is 0 Å². The van der Waals surface area contributed by atoms with Gasteiger partial charge in [-0.15, -0.1) is 0 Å². The fraction of sp³-hybridized carbons (Fsp3) is 0.588.